The summed E-state index contributed by atoms with van der Waals surface area (Å²) < 4.78 is 5.58. The van der Waals surface area contributed by atoms with Crippen LogP contribution >= 0.6 is 0 Å². The third-order valence-corrected chi connectivity index (χ3v) is 3.57. The van der Waals surface area contributed by atoms with Crippen molar-refractivity contribution in [2.45, 2.75) is 32.3 Å². The maximum absolute atomic E-state index is 11.9. The Bertz CT molecular complexity index is 402. The van der Waals surface area contributed by atoms with Crippen molar-refractivity contribution in [1.82, 2.24) is 10.2 Å². The molecule has 1 saturated heterocycles. The molecular formula is C16H24N2O2. The summed E-state index contributed by atoms with van der Waals surface area (Å²) in [5.41, 5.74) is 0. The maximum Gasteiger partial charge on any atom is 0.260 e. The van der Waals surface area contributed by atoms with Gasteiger partial charge in [0.25, 0.3) is 5.91 Å². The summed E-state index contributed by atoms with van der Waals surface area (Å²) in [6.07, 6.45) is 3.18. The summed E-state index contributed by atoms with van der Waals surface area (Å²) >= 11 is 0. The highest BCUT2D eigenvalue weighted by Gasteiger charge is 2.14. The van der Waals surface area contributed by atoms with Crippen LogP contribution in [0.25, 0.3) is 0 Å². The van der Waals surface area contributed by atoms with Crippen LogP contribution in [0.5, 0.6) is 5.75 Å². The largest absolute Gasteiger partial charge is 0.481 e. The molecule has 1 fully saturated rings. The molecule has 4 heteroatoms. The number of nitrogens with zero attached hydrogens (tertiary/aromatic N) is 1. The van der Waals surface area contributed by atoms with E-state index in [9.17, 15) is 4.79 Å². The predicted octanol–water partition coefficient (Wildman–Crippen LogP) is 2.06. The number of benzene rings is 1. The normalized spacial score (nSPS) is 16.9. The first-order valence-corrected chi connectivity index (χ1v) is 7.47. The average Bonchev–Trinajstić information content (AvgIpc) is 2.97. The lowest BCUT2D eigenvalue weighted by molar-refractivity contribution is -0.127. The lowest BCUT2D eigenvalue weighted by Crippen LogP contribution is -2.37. The van der Waals surface area contributed by atoms with E-state index in [2.05, 4.69) is 10.2 Å². The molecule has 0 aromatic heterocycles. The Morgan fingerprint density at radius 3 is 2.70 bits per heavy atom. The van der Waals surface area contributed by atoms with Crippen molar-refractivity contribution in [2.24, 2.45) is 0 Å². The van der Waals surface area contributed by atoms with E-state index in [0.29, 0.717) is 0 Å². The van der Waals surface area contributed by atoms with Gasteiger partial charge >= 0.3 is 0 Å². The van der Waals surface area contributed by atoms with E-state index < -0.39 is 6.10 Å². The zero-order valence-corrected chi connectivity index (χ0v) is 12.2. The van der Waals surface area contributed by atoms with Crippen molar-refractivity contribution in [2.75, 3.05) is 26.2 Å². The van der Waals surface area contributed by atoms with Crippen molar-refractivity contribution in [3.63, 3.8) is 0 Å². The molecular weight excluding hydrogens is 252 g/mol. The number of hydrogen-bond acceptors (Lipinski definition) is 3. The number of rotatable bonds is 7. The number of likely N-dealkylation sites (tertiary alicyclic amines) is 1. The van der Waals surface area contributed by atoms with Gasteiger partial charge in [0.15, 0.2) is 6.10 Å². The first-order chi connectivity index (χ1) is 9.75. The van der Waals surface area contributed by atoms with Gasteiger partial charge in [0.05, 0.1) is 0 Å². The first-order valence-electron chi connectivity index (χ1n) is 7.47. The molecule has 0 saturated carbocycles. The highest BCUT2D eigenvalue weighted by atomic mass is 16.5. The zero-order valence-electron chi connectivity index (χ0n) is 12.2. The monoisotopic (exact) mass is 276 g/mol. The van der Waals surface area contributed by atoms with E-state index >= 15 is 0 Å². The van der Waals surface area contributed by atoms with Crippen LogP contribution in [0.1, 0.15) is 26.2 Å². The van der Waals surface area contributed by atoms with Crippen LogP contribution in [0.15, 0.2) is 30.3 Å². The number of amides is 1. The Hall–Kier alpha value is -1.55. The molecule has 1 amide bonds. The molecule has 1 heterocycles. The molecule has 20 heavy (non-hydrogen) atoms. The molecule has 0 radical (unpaired) electrons. The van der Waals surface area contributed by atoms with Crippen LogP contribution in [0.4, 0.5) is 0 Å². The number of hydrogen-bond donors (Lipinski definition) is 1. The molecule has 1 aliphatic heterocycles. The van der Waals surface area contributed by atoms with E-state index in [1.165, 1.54) is 25.9 Å². The second-order valence-corrected chi connectivity index (χ2v) is 5.27. The molecule has 4 nitrogen and oxygen atoms in total. The Balaban J connectivity index is 1.61. The minimum Gasteiger partial charge on any atom is -0.481 e. The van der Waals surface area contributed by atoms with Crippen LogP contribution in [0.3, 0.4) is 0 Å². The van der Waals surface area contributed by atoms with Crippen molar-refractivity contribution >= 4 is 5.91 Å². The van der Waals surface area contributed by atoms with Crippen LogP contribution < -0.4 is 10.1 Å². The van der Waals surface area contributed by atoms with Gasteiger partial charge in [-0.3, -0.25) is 4.79 Å². The van der Waals surface area contributed by atoms with Crippen molar-refractivity contribution < 1.29 is 9.53 Å². The van der Waals surface area contributed by atoms with Crippen molar-refractivity contribution in [1.29, 1.82) is 0 Å². The lowest BCUT2D eigenvalue weighted by Gasteiger charge is -2.16. The Kier molecular flexibility index (Phi) is 5.87. The van der Waals surface area contributed by atoms with Gasteiger partial charge in [-0.15, -0.1) is 0 Å². The van der Waals surface area contributed by atoms with E-state index in [4.69, 9.17) is 4.74 Å². The van der Waals surface area contributed by atoms with Gasteiger partial charge in [0.2, 0.25) is 0 Å². The summed E-state index contributed by atoms with van der Waals surface area (Å²) in [5, 5.41) is 2.94. The summed E-state index contributed by atoms with van der Waals surface area (Å²) in [7, 11) is 0. The fourth-order valence-corrected chi connectivity index (χ4v) is 2.42. The second-order valence-electron chi connectivity index (χ2n) is 5.27. The average molecular weight is 276 g/mol. The minimum absolute atomic E-state index is 0.0460. The van der Waals surface area contributed by atoms with Gasteiger partial charge in [-0.2, -0.15) is 0 Å². The second kappa shape index (κ2) is 7.90. The molecule has 1 aromatic rings. The van der Waals surface area contributed by atoms with E-state index in [0.717, 1.165) is 25.3 Å². The molecule has 0 spiro atoms. The maximum atomic E-state index is 11.9. The van der Waals surface area contributed by atoms with Gasteiger partial charge in [0.1, 0.15) is 5.75 Å². The highest BCUT2D eigenvalue weighted by molar-refractivity contribution is 5.80. The minimum atomic E-state index is -0.454. The lowest BCUT2D eigenvalue weighted by atomic mass is 10.3. The van der Waals surface area contributed by atoms with Crippen LogP contribution in [0, 0.1) is 0 Å². The number of nitrogens with one attached hydrogen (secondary N) is 1. The number of carbonyl (C=O) groups is 1. The molecule has 2 rings (SSSR count). The molecule has 110 valence electrons. The number of carbonyl (C=O) groups excluding carboxylic acids is 1. The molecule has 1 aromatic carbocycles. The Morgan fingerprint density at radius 1 is 1.30 bits per heavy atom. The Labute approximate surface area is 121 Å². The SMILES string of the molecule is C[C@H](Oc1ccccc1)C(=O)NCCCN1CCCC1. The number of para-hydroxylation sites is 1. The topological polar surface area (TPSA) is 41.6 Å². The zero-order chi connectivity index (χ0) is 14.2. The van der Waals surface area contributed by atoms with Crippen molar-refractivity contribution in [3.05, 3.63) is 30.3 Å². The molecule has 1 atom stereocenters. The van der Waals surface area contributed by atoms with Crippen LogP contribution in [-0.2, 0) is 4.79 Å². The molecule has 0 aliphatic carbocycles. The summed E-state index contributed by atoms with van der Waals surface area (Å²) in [6.45, 7) is 6.00. The van der Waals surface area contributed by atoms with Gasteiger partial charge in [-0.25, -0.2) is 0 Å². The number of ether oxygens (including phenoxy) is 1. The molecule has 1 aliphatic rings. The Morgan fingerprint density at radius 2 is 2.00 bits per heavy atom. The molecule has 0 unspecified atom stereocenters. The quantitative estimate of drug-likeness (QED) is 0.775. The van der Waals surface area contributed by atoms with E-state index in [1.54, 1.807) is 6.92 Å². The first kappa shape index (κ1) is 14.9. The van der Waals surface area contributed by atoms with Gasteiger partial charge in [-0.1, -0.05) is 18.2 Å². The van der Waals surface area contributed by atoms with E-state index in [1.807, 2.05) is 30.3 Å². The molecule has 0 bridgehead atoms. The van der Waals surface area contributed by atoms with Crippen LogP contribution in [0.2, 0.25) is 0 Å². The van der Waals surface area contributed by atoms with Gasteiger partial charge in [-0.05, 0) is 58.0 Å². The fraction of sp³-hybridized carbons (Fsp3) is 0.562. The van der Waals surface area contributed by atoms with Crippen molar-refractivity contribution in [3.8, 4) is 5.75 Å². The predicted molar refractivity (Wildman–Crippen MR) is 79.8 cm³/mol. The third-order valence-electron chi connectivity index (χ3n) is 3.57. The van der Waals surface area contributed by atoms with Crippen LogP contribution in [-0.4, -0.2) is 43.1 Å². The molecule has 1 N–H and O–H groups in total. The summed E-state index contributed by atoms with van der Waals surface area (Å²) in [4.78, 5) is 14.3. The smallest absolute Gasteiger partial charge is 0.260 e. The third kappa shape index (κ3) is 4.85. The fourth-order valence-electron chi connectivity index (χ4n) is 2.42. The standard InChI is InChI=1S/C16H24N2O2/c1-14(20-15-8-3-2-4-9-15)16(19)17-10-7-13-18-11-5-6-12-18/h2-4,8-9,14H,5-7,10-13H2,1H3,(H,17,19)/t14-/m0/s1. The van der Waals surface area contributed by atoms with Gasteiger partial charge < -0.3 is 15.0 Å². The summed E-state index contributed by atoms with van der Waals surface area (Å²) in [6, 6.07) is 9.44. The summed E-state index contributed by atoms with van der Waals surface area (Å²) in [5.74, 6) is 0.683. The van der Waals surface area contributed by atoms with E-state index in [-0.39, 0.29) is 5.91 Å². The van der Waals surface area contributed by atoms with Gasteiger partial charge in [0, 0.05) is 6.54 Å². The highest BCUT2D eigenvalue weighted by Crippen LogP contribution is 2.10.